The van der Waals surface area contributed by atoms with Crippen molar-refractivity contribution in [2.45, 2.75) is 39.2 Å². The smallest absolute Gasteiger partial charge is 0.378 e. The van der Waals surface area contributed by atoms with Crippen LogP contribution in [0.15, 0.2) is 24.4 Å². The van der Waals surface area contributed by atoms with E-state index in [2.05, 4.69) is 25.7 Å². The highest BCUT2D eigenvalue weighted by Crippen LogP contribution is 2.36. The van der Waals surface area contributed by atoms with Crippen molar-refractivity contribution in [3.05, 3.63) is 51.8 Å². The number of nitrogens with one attached hydrogen (secondary N) is 2. The molecule has 1 aliphatic heterocycles. The second-order valence-corrected chi connectivity index (χ2v) is 9.37. The van der Waals surface area contributed by atoms with Gasteiger partial charge in [0.05, 0.1) is 36.6 Å². The molecule has 3 heterocycles. The van der Waals surface area contributed by atoms with Gasteiger partial charge in [0.15, 0.2) is 5.82 Å². The zero-order valence-electron chi connectivity index (χ0n) is 22.4. The Balaban J connectivity index is 0.00000226. The van der Waals surface area contributed by atoms with Gasteiger partial charge in [-0.05, 0) is 25.1 Å². The highest BCUT2D eigenvalue weighted by Gasteiger charge is 2.37. The summed E-state index contributed by atoms with van der Waals surface area (Å²) < 4.78 is 85.8. The van der Waals surface area contributed by atoms with E-state index < -0.39 is 41.0 Å². The third-order valence-corrected chi connectivity index (χ3v) is 6.59. The number of alkyl halides is 6. The first-order valence-corrected chi connectivity index (χ1v) is 13.2. The monoisotopic (exact) mass is 607 g/mol. The van der Waals surface area contributed by atoms with Crippen LogP contribution in [0.1, 0.15) is 63.8 Å². The van der Waals surface area contributed by atoms with Gasteiger partial charge in [-0.3, -0.25) is 9.59 Å². The van der Waals surface area contributed by atoms with Crippen molar-refractivity contribution in [1.82, 2.24) is 30.0 Å². The number of halogens is 6. The predicted molar refractivity (Wildman–Crippen MR) is 137 cm³/mol. The van der Waals surface area contributed by atoms with Gasteiger partial charge in [-0.1, -0.05) is 25.2 Å². The van der Waals surface area contributed by atoms with Crippen molar-refractivity contribution in [3.63, 3.8) is 0 Å². The third-order valence-electron chi connectivity index (χ3n) is 5.62. The van der Waals surface area contributed by atoms with Crippen LogP contribution in [-0.2, 0) is 17.1 Å². The van der Waals surface area contributed by atoms with E-state index in [-0.39, 0.29) is 28.9 Å². The van der Waals surface area contributed by atoms with E-state index in [1.54, 1.807) is 4.90 Å². The molecule has 2 aromatic heterocycles. The summed E-state index contributed by atoms with van der Waals surface area (Å²) >= 11 is 0.995. The van der Waals surface area contributed by atoms with Gasteiger partial charge in [0.1, 0.15) is 4.88 Å². The molecule has 0 unspecified atom stereocenters. The lowest BCUT2D eigenvalue weighted by Gasteiger charge is -2.26. The number of hydrogen-bond donors (Lipinski definition) is 2. The van der Waals surface area contributed by atoms with Gasteiger partial charge in [-0.2, -0.15) is 36.0 Å². The normalized spacial score (nSPS) is 14.6. The Morgan fingerprint density at radius 2 is 1.61 bits per heavy atom. The molecule has 0 aliphatic carbocycles. The first-order chi connectivity index (χ1) is 19.3. The average molecular weight is 608 g/mol. The fraction of sp³-hybridized carbons (Fsp3) is 0.458. The number of carbonyl (C=O) groups excluding carboxylic acids is 2. The van der Waals surface area contributed by atoms with Gasteiger partial charge >= 0.3 is 12.4 Å². The van der Waals surface area contributed by atoms with E-state index in [4.69, 9.17) is 4.74 Å². The van der Waals surface area contributed by atoms with Crippen molar-refractivity contribution >= 4 is 29.1 Å². The number of aromatic nitrogens is 4. The van der Waals surface area contributed by atoms with Crippen LogP contribution < -0.4 is 10.6 Å². The van der Waals surface area contributed by atoms with Gasteiger partial charge in [0.25, 0.3) is 11.8 Å². The Morgan fingerprint density at radius 3 is 2.15 bits per heavy atom. The van der Waals surface area contributed by atoms with E-state index >= 15 is 0 Å². The number of nitrogens with zero attached hydrogens (tertiary/aromatic N) is 5. The molecule has 1 atom stereocenters. The standard InChI is InChI=1S/C22H21F6N7O3S.C2H6/c1-11(31-17(36)12-7-13(21(23,24)25)9-14(8-12)22(26,27)28)16-32-19(29-2)33-35(16)20-30-10-15(39-20)18(37)34-3-5-38-6-4-34;1-2/h7-11H,3-6H2,1-2H3,(H,29,33)(H,31,36);1-2H3/t11-;/m0./s1. The van der Waals surface area contributed by atoms with Gasteiger partial charge in [-0.15, -0.1) is 5.10 Å². The van der Waals surface area contributed by atoms with Gasteiger partial charge in [0, 0.05) is 25.7 Å². The van der Waals surface area contributed by atoms with Crippen LogP contribution in [0.5, 0.6) is 0 Å². The topological polar surface area (TPSA) is 114 Å². The number of anilines is 1. The minimum absolute atomic E-state index is 0.0612. The highest BCUT2D eigenvalue weighted by molar-refractivity contribution is 7.16. The number of thiazole rings is 1. The summed E-state index contributed by atoms with van der Waals surface area (Å²) in [7, 11) is 1.52. The first-order valence-electron chi connectivity index (χ1n) is 12.4. The van der Waals surface area contributed by atoms with E-state index in [1.165, 1.54) is 24.9 Å². The first kappa shape index (κ1) is 31.8. The van der Waals surface area contributed by atoms with Crippen molar-refractivity contribution in [3.8, 4) is 5.13 Å². The molecule has 0 saturated carbocycles. The van der Waals surface area contributed by atoms with Crippen molar-refractivity contribution in [2.24, 2.45) is 0 Å². The largest absolute Gasteiger partial charge is 0.416 e. The van der Waals surface area contributed by atoms with E-state index in [0.717, 1.165) is 11.3 Å². The molecule has 3 aromatic rings. The molecule has 4 rings (SSSR count). The van der Waals surface area contributed by atoms with Gasteiger partial charge in [-0.25, -0.2) is 4.98 Å². The van der Waals surface area contributed by atoms with Crippen molar-refractivity contribution < 1.29 is 40.7 Å². The van der Waals surface area contributed by atoms with Crippen LogP contribution in [0.3, 0.4) is 0 Å². The van der Waals surface area contributed by atoms with Gasteiger partial charge in [0.2, 0.25) is 11.1 Å². The summed E-state index contributed by atoms with van der Waals surface area (Å²) in [6.45, 7) is 7.06. The number of rotatable bonds is 6. The third kappa shape index (κ3) is 7.52. The molecule has 17 heteroatoms. The van der Waals surface area contributed by atoms with Crippen LogP contribution in [0.2, 0.25) is 0 Å². The second-order valence-electron chi connectivity index (χ2n) is 8.36. The minimum atomic E-state index is -5.11. The Hall–Kier alpha value is -3.73. The lowest BCUT2D eigenvalue weighted by atomic mass is 10.0. The zero-order chi connectivity index (χ0) is 30.5. The molecule has 1 saturated heterocycles. The van der Waals surface area contributed by atoms with Crippen LogP contribution in [-0.4, -0.2) is 69.8 Å². The molecule has 1 fully saturated rings. The molecule has 2 amide bonds. The fourth-order valence-electron chi connectivity index (χ4n) is 3.67. The van der Waals surface area contributed by atoms with E-state index in [1.807, 2.05) is 13.8 Å². The van der Waals surface area contributed by atoms with E-state index in [0.29, 0.717) is 43.3 Å². The lowest BCUT2D eigenvalue weighted by Crippen LogP contribution is -2.40. The Morgan fingerprint density at radius 1 is 1.02 bits per heavy atom. The average Bonchev–Trinajstić information content (AvgIpc) is 3.61. The maximum absolute atomic E-state index is 13.2. The van der Waals surface area contributed by atoms with Crippen LogP contribution >= 0.6 is 11.3 Å². The molecule has 1 aromatic carbocycles. The van der Waals surface area contributed by atoms with E-state index in [9.17, 15) is 35.9 Å². The second kappa shape index (κ2) is 12.8. The Labute approximate surface area is 234 Å². The molecule has 41 heavy (non-hydrogen) atoms. The Bertz CT molecular complexity index is 1330. The molecule has 1 aliphatic rings. The molecule has 2 N–H and O–H groups in total. The van der Waals surface area contributed by atoms with Crippen LogP contribution in [0.25, 0.3) is 5.13 Å². The summed E-state index contributed by atoms with van der Waals surface area (Å²) in [5.74, 6) is -1.29. The SMILES string of the molecule is CC.CNc1nc([C@H](C)NC(=O)c2cc(C(F)(F)F)cc(C(F)(F)F)c2)n(-c2ncc(C(=O)N3CCOCC3)s2)n1. The number of benzene rings is 1. The number of morpholine rings is 1. The molecule has 10 nitrogen and oxygen atoms in total. The minimum Gasteiger partial charge on any atom is -0.378 e. The maximum atomic E-state index is 13.2. The lowest BCUT2D eigenvalue weighted by molar-refractivity contribution is -0.143. The number of hydrogen-bond acceptors (Lipinski definition) is 8. The molecular weight excluding hydrogens is 580 g/mol. The number of ether oxygens (including phenoxy) is 1. The molecule has 0 spiro atoms. The predicted octanol–water partition coefficient (Wildman–Crippen LogP) is 4.79. The summed E-state index contributed by atoms with van der Waals surface area (Å²) in [5, 5.41) is 9.50. The van der Waals surface area contributed by atoms with Crippen molar-refractivity contribution in [2.75, 3.05) is 38.7 Å². The highest BCUT2D eigenvalue weighted by atomic mass is 32.1. The molecule has 224 valence electrons. The summed E-state index contributed by atoms with van der Waals surface area (Å²) in [5.41, 5.74) is -4.07. The fourth-order valence-corrected chi connectivity index (χ4v) is 4.51. The van der Waals surface area contributed by atoms with Crippen molar-refractivity contribution in [1.29, 1.82) is 0 Å². The van der Waals surface area contributed by atoms with Crippen LogP contribution in [0, 0.1) is 0 Å². The summed E-state index contributed by atoms with van der Waals surface area (Å²) in [6, 6.07) is -0.427. The van der Waals surface area contributed by atoms with Crippen LogP contribution in [0.4, 0.5) is 32.3 Å². The Kier molecular flexibility index (Phi) is 9.96. The number of amides is 2. The molecular formula is C24H27F6N7O3S. The summed E-state index contributed by atoms with van der Waals surface area (Å²) in [6.07, 6.45) is -8.86. The summed E-state index contributed by atoms with van der Waals surface area (Å²) in [4.78, 5) is 35.9. The number of carbonyl (C=O) groups is 2. The zero-order valence-corrected chi connectivity index (χ0v) is 23.2. The molecule has 0 bridgehead atoms. The van der Waals surface area contributed by atoms with Gasteiger partial charge < -0.3 is 20.3 Å². The quantitative estimate of drug-likeness (QED) is 0.388. The maximum Gasteiger partial charge on any atom is 0.416 e. The molecule has 0 radical (unpaired) electrons.